The van der Waals surface area contributed by atoms with Gasteiger partial charge in [-0.05, 0) is 79.4 Å². The Kier molecular flexibility index (Phi) is 3.69. The van der Waals surface area contributed by atoms with Crippen LogP contribution in [0.2, 0.25) is 0 Å². The van der Waals surface area contributed by atoms with E-state index >= 15 is 0 Å². The van der Waals surface area contributed by atoms with Gasteiger partial charge in [0, 0.05) is 12.8 Å². The van der Waals surface area contributed by atoms with Crippen molar-refractivity contribution in [2.75, 3.05) is 0 Å². The van der Waals surface area contributed by atoms with Crippen LogP contribution in [-0.4, -0.2) is 12.0 Å². The molecule has 2 unspecified atom stereocenters. The second-order valence-corrected chi connectivity index (χ2v) is 9.62. The van der Waals surface area contributed by atoms with Crippen LogP contribution in [0.5, 0.6) is 0 Å². The minimum absolute atomic E-state index is 0.189. The van der Waals surface area contributed by atoms with Crippen LogP contribution >= 0.6 is 0 Å². The fourth-order valence-corrected chi connectivity index (χ4v) is 7.58. The van der Waals surface area contributed by atoms with Gasteiger partial charge in [0.2, 0.25) is 0 Å². The average Bonchev–Trinajstić information content (AvgIpc) is 2.85. The number of fused-ring (bicyclic) bond motifs is 5. The predicted octanol–water partition coefficient (Wildman–Crippen LogP) is 5.78. The van der Waals surface area contributed by atoms with Crippen molar-refractivity contribution >= 4 is 5.78 Å². The van der Waals surface area contributed by atoms with Gasteiger partial charge in [-0.25, -0.2) is 0 Å². The van der Waals surface area contributed by atoms with Crippen LogP contribution < -0.4 is 0 Å². The minimum Gasteiger partial charge on any atom is -0.300 e. The van der Waals surface area contributed by atoms with E-state index < -0.39 is 17.5 Å². The highest BCUT2D eigenvalue weighted by Gasteiger charge is 2.64. The van der Waals surface area contributed by atoms with Gasteiger partial charge in [0.05, 0.1) is 5.92 Å². The maximum Gasteiger partial charge on any atom is 0.392 e. The normalized spacial score (nSPS) is 51.7. The lowest BCUT2D eigenvalue weighted by Gasteiger charge is -2.60. The number of Topliss-reactive ketones (excluding diaryl/α,β-unsaturated/α-hetero) is 1. The summed E-state index contributed by atoms with van der Waals surface area (Å²) < 4.78 is 40.7. The van der Waals surface area contributed by atoms with Crippen molar-refractivity contribution in [2.45, 2.75) is 77.8 Å². The molecule has 4 fully saturated rings. The van der Waals surface area contributed by atoms with Gasteiger partial charge in [-0.3, -0.25) is 4.79 Å². The van der Waals surface area contributed by atoms with Crippen molar-refractivity contribution in [3.8, 4) is 0 Å². The van der Waals surface area contributed by atoms with Crippen molar-refractivity contribution in [1.29, 1.82) is 0 Å². The molecule has 0 spiro atoms. The third-order valence-electron chi connectivity index (χ3n) is 8.88. The second kappa shape index (κ2) is 5.23. The summed E-state index contributed by atoms with van der Waals surface area (Å²) in [5.41, 5.74) is -0.360. The molecule has 4 aliphatic rings. The maximum atomic E-state index is 13.6. The van der Waals surface area contributed by atoms with Gasteiger partial charge >= 0.3 is 6.18 Å². The molecule has 4 heteroatoms. The second-order valence-electron chi connectivity index (χ2n) is 9.62. The third-order valence-corrected chi connectivity index (χ3v) is 8.88. The van der Waals surface area contributed by atoms with Gasteiger partial charge in [0.25, 0.3) is 0 Å². The standard InChI is InChI=1S/C20H29F3O/c1-18-9-7-13(24)11-12(18)3-4-14-15-5-6-17(20(21,22)23)19(15,2)10-8-16(14)18/h12,14-17H,3-11H2,1-2H3/t12?,14-,15-,16+,17?,18-,19-/m0/s1. The summed E-state index contributed by atoms with van der Waals surface area (Å²) in [4.78, 5) is 11.9. The number of rotatable bonds is 0. The average molecular weight is 342 g/mol. The van der Waals surface area contributed by atoms with E-state index in [0.717, 1.165) is 38.5 Å². The van der Waals surface area contributed by atoms with Gasteiger partial charge in [-0.1, -0.05) is 13.8 Å². The van der Waals surface area contributed by atoms with E-state index in [9.17, 15) is 18.0 Å². The van der Waals surface area contributed by atoms with Crippen molar-refractivity contribution in [1.82, 2.24) is 0 Å². The fraction of sp³-hybridized carbons (Fsp3) is 0.950. The molecule has 4 rings (SSSR count). The zero-order chi connectivity index (χ0) is 17.3. The van der Waals surface area contributed by atoms with Gasteiger partial charge in [0.1, 0.15) is 5.78 Å². The highest BCUT2D eigenvalue weighted by molar-refractivity contribution is 5.79. The van der Waals surface area contributed by atoms with Crippen LogP contribution in [0.4, 0.5) is 13.2 Å². The molecule has 0 N–H and O–H groups in total. The lowest BCUT2D eigenvalue weighted by atomic mass is 9.45. The van der Waals surface area contributed by atoms with Gasteiger partial charge in [-0.15, -0.1) is 0 Å². The summed E-state index contributed by atoms with van der Waals surface area (Å²) in [7, 11) is 0. The van der Waals surface area contributed by atoms with E-state index in [1.54, 1.807) is 0 Å². The van der Waals surface area contributed by atoms with Crippen molar-refractivity contribution < 1.29 is 18.0 Å². The van der Waals surface area contributed by atoms with E-state index in [4.69, 9.17) is 0 Å². The molecule has 24 heavy (non-hydrogen) atoms. The smallest absolute Gasteiger partial charge is 0.300 e. The molecule has 0 aromatic carbocycles. The molecule has 0 aromatic heterocycles. The molecule has 136 valence electrons. The maximum absolute atomic E-state index is 13.6. The Bertz CT molecular complexity index is 541. The fourth-order valence-electron chi connectivity index (χ4n) is 7.58. The molecular weight excluding hydrogens is 313 g/mol. The Morgan fingerprint density at radius 2 is 1.62 bits per heavy atom. The molecule has 0 bridgehead atoms. The zero-order valence-corrected chi connectivity index (χ0v) is 14.8. The van der Waals surface area contributed by atoms with E-state index in [0.29, 0.717) is 42.8 Å². The summed E-state index contributed by atoms with van der Waals surface area (Å²) in [5.74, 6) is 0.992. The van der Waals surface area contributed by atoms with Crippen molar-refractivity contribution in [2.24, 2.45) is 40.4 Å². The monoisotopic (exact) mass is 342 g/mol. The molecule has 4 aliphatic carbocycles. The van der Waals surface area contributed by atoms with E-state index in [1.165, 1.54) is 0 Å². The van der Waals surface area contributed by atoms with Crippen molar-refractivity contribution in [3.05, 3.63) is 0 Å². The summed E-state index contributed by atoms with van der Waals surface area (Å²) in [5, 5.41) is 0. The summed E-state index contributed by atoms with van der Waals surface area (Å²) in [6.07, 6.45) is 3.14. The topological polar surface area (TPSA) is 17.1 Å². The van der Waals surface area contributed by atoms with Crippen LogP contribution in [0.15, 0.2) is 0 Å². The largest absolute Gasteiger partial charge is 0.392 e. The Labute approximate surface area is 142 Å². The van der Waals surface area contributed by atoms with Crippen LogP contribution in [-0.2, 0) is 4.79 Å². The Morgan fingerprint density at radius 1 is 0.917 bits per heavy atom. The van der Waals surface area contributed by atoms with E-state index in [-0.39, 0.29) is 11.3 Å². The van der Waals surface area contributed by atoms with Crippen LogP contribution in [0.1, 0.15) is 71.6 Å². The molecule has 0 aliphatic heterocycles. The first kappa shape index (κ1) is 16.9. The molecule has 0 heterocycles. The molecule has 1 nitrogen and oxygen atoms in total. The summed E-state index contributed by atoms with van der Waals surface area (Å²) >= 11 is 0. The Balaban J connectivity index is 1.62. The number of ketones is 1. The van der Waals surface area contributed by atoms with Gasteiger partial charge in [0.15, 0.2) is 0 Å². The number of alkyl halides is 3. The van der Waals surface area contributed by atoms with Crippen LogP contribution in [0, 0.1) is 40.4 Å². The number of carbonyl (C=O) groups excluding carboxylic acids is 1. The molecule has 7 atom stereocenters. The number of hydrogen-bond acceptors (Lipinski definition) is 1. The number of hydrogen-bond donors (Lipinski definition) is 0. The first-order chi connectivity index (χ1) is 11.2. The molecule has 0 aromatic rings. The number of carbonyl (C=O) groups is 1. The van der Waals surface area contributed by atoms with Crippen LogP contribution in [0.3, 0.4) is 0 Å². The van der Waals surface area contributed by atoms with Crippen LogP contribution in [0.25, 0.3) is 0 Å². The van der Waals surface area contributed by atoms with E-state index in [1.807, 2.05) is 6.92 Å². The molecule has 0 saturated heterocycles. The molecular formula is C20H29F3O. The SMILES string of the molecule is C[C@]12CCC(=O)CC1CC[C@@H]1[C@H]2CC[C@]2(C)C(C(F)(F)F)CC[C@@H]12. The highest BCUT2D eigenvalue weighted by atomic mass is 19.4. The van der Waals surface area contributed by atoms with E-state index in [2.05, 4.69) is 6.92 Å². The lowest BCUT2D eigenvalue weighted by molar-refractivity contribution is -0.215. The number of halogens is 3. The summed E-state index contributed by atoms with van der Waals surface area (Å²) in [6, 6.07) is 0. The molecule has 0 amide bonds. The minimum atomic E-state index is -4.05. The Morgan fingerprint density at radius 3 is 2.33 bits per heavy atom. The van der Waals surface area contributed by atoms with Gasteiger partial charge < -0.3 is 0 Å². The molecule has 4 saturated carbocycles. The van der Waals surface area contributed by atoms with Crippen molar-refractivity contribution in [3.63, 3.8) is 0 Å². The van der Waals surface area contributed by atoms with Gasteiger partial charge in [-0.2, -0.15) is 13.2 Å². The Hall–Kier alpha value is -0.540. The predicted molar refractivity (Wildman–Crippen MR) is 86.3 cm³/mol. The highest BCUT2D eigenvalue weighted by Crippen LogP contribution is 2.68. The first-order valence-electron chi connectivity index (χ1n) is 9.74. The third kappa shape index (κ3) is 2.23. The quantitative estimate of drug-likeness (QED) is 0.545. The zero-order valence-electron chi connectivity index (χ0n) is 14.8. The lowest BCUT2D eigenvalue weighted by Crippen LogP contribution is -2.54. The molecule has 0 radical (unpaired) electrons. The summed E-state index contributed by atoms with van der Waals surface area (Å²) in [6.45, 7) is 4.28. The first-order valence-corrected chi connectivity index (χ1v) is 9.74.